The number of nitrogens with zero attached hydrogens (tertiary/aromatic N) is 3. The molecule has 0 spiro atoms. The van der Waals surface area contributed by atoms with Crippen LogP contribution in [0.25, 0.3) is 0 Å². The minimum absolute atomic E-state index is 0.0377. The second kappa shape index (κ2) is 6.92. The molecule has 1 atom stereocenters. The van der Waals surface area contributed by atoms with E-state index in [0.29, 0.717) is 6.04 Å². The fourth-order valence-corrected chi connectivity index (χ4v) is 2.74. The van der Waals surface area contributed by atoms with Crippen molar-refractivity contribution in [3.05, 3.63) is 16.4 Å². The van der Waals surface area contributed by atoms with Crippen molar-refractivity contribution in [2.45, 2.75) is 52.1 Å². The summed E-state index contributed by atoms with van der Waals surface area (Å²) in [5, 5.41) is 8.93. The molecule has 0 saturated heterocycles. The summed E-state index contributed by atoms with van der Waals surface area (Å²) in [6.45, 7) is 9.68. The van der Waals surface area contributed by atoms with Gasteiger partial charge in [-0.25, -0.2) is 0 Å². The molecule has 20 heavy (non-hydrogen) atoms. The van der Waals surface area contributed by atoms with Gasteiger partial charge in [0.2, 0.25) is 0 Å². The van der Waals surface area contributed by atoms with Crippen molar-refractivity contribution in [3.8, 4) is 0 Å². The van der Waals surface area contributed by atoms with Gasteiger partial charge in [0.15, 0.2) is 0 Å². The standard InChI is InChI=1S/C15H29ClN4/c1-8-11-14(16)12(20(7)18-11)10-13(17-9-2)15(3,4)19(5)6/h13,17H,8-10H2,1-7H3. The Balaban J connectivity index is 3.05. The van der Waals surface area contributed by atoms with Gasteiger partial charge < -0.3 is 10.2 Å². The summed E-state index contributed by atoms with van der Waals surface area (Å²) in [6, 6.07) is 0.320. The van der Waals surface area contributed by atoms with Crippen LogP contribution in [0.5, 0.6) is 0 Å². The SMILES string of the molecule is CCNC(Cc1c(Cl)c(CC)nn1C)C(C)(C)N(C)C. The molecule has 0 aliphatic carbocycles. The predicted molar refractivity (Wildman–Crippen MR) is 86.5 cm³/mol. The third-order valence-corrected chi connectivity index (χ3v) is 4.79. The van der Waals surface area contributed by atoms with E-state index < -0.39 is 0 Å². The lowest BCUT2D eigenvalue weighted by atomic mass is 9.89. The van der Waals surface area contributed by atoms with E-state index >= 15 is 0 Å². The predicted octanol–water partition coefficient (Wildman–Crippen LogP) is 2.50. The first-order valence-electron chi connectivity index (χ1n) is 7.36. The second-order valence-electron chi connectivity index (χ2n) is 6.05. The molecule has 0 radical (unpaired) electrons. The molecular formula is C15H29ClN4. The summed E-state index contributed by atoms with van der Waals surface area (Å²) in [7, 11) is 6.21. The van der Waals surface area contributed by atoms with Crippen molar-refractivity contribution >= 4 is 11.6 Å². The Morgan fingerprint density at radius 2 is 1.95 bits per heavy atom. The van der Waals surface area contributed by atoms with E-state index in [0.717, 1.165) is 35.8 Å². The van der Waals surface area contributed by atoms with Gasteiger partial charge in [0.25, 0.3) is 0 Å². The van der Waals surface area contributed by atoms with Gasteiger partial charge in [-0.1, -0.05) is 25.4 Å². The lowest BCUT2D eigenvalue weighted by molar-refractivity contribution is 0.137. The molecule has 1 unspecified atom stereocenters. The highest BCUT2D eigenvalue weighted by Crippen LogP contribution is 2.26. The van der Waals surface area contributed by atoms with Crippen molar-refractivity contribution < 1.29 is 0 Å². The highest BCUT2D eigenvalue weighted by molar-refractivity contribution is 6.31. The molecule has 4 nitrogen and oxygen atoms in total. The molecule has 0 fully saturated rings. The van der Waals surface area contributed by atoms with Gasteiger partial charge in [-0.15, -0.1) is 0 Å². The molecule has 1 rings (SSSR count). The molecule has 0 aromatic carbocycles. The maximum Gasteiger partial charge on any atom is 0.0850 e. The zero-order valence-electron chi connectivity index (χ0n) is 13.9. The number of hydrogen-bond donors (Lipinski definition) is 1. The van der Waals surface area contributed by atoms with Crippen molar-refractivity contribution in [1.29, 1.82) is 0 Å². The normalized spacial score (nSPS) is 14.1. The Kier molecular flexibility index (Phi) is 6.05. The molecule has 1 heterocycles. The van der Waals surface area contributed by atoms with Crippen molar-refractivity contribution in [1.82, 2.24) is 20.0 Å². The molecule has 1 aromatic rings. The largest absolute Gasteiger partial charge is 0.312 e. The molecular weight excluding hydrogens is 272 g/mol. The first-order chi connectivity index (χ1) is 9.25. The number of aromatic nitrogens is 2. The Bertz CT molecular complexity index is 437. The third-order valence-electron chi connectivity index (χ3n) is 4.36. The monoisotopic (exact) mass is 300 g/mol. The van der Waals surface area contributed by atoms with Crippen molar-refractivity contribution in [2.75, 3.05) is 20.6 Å². The van der Waals surface area contributed by atoms with Gasteiger partial charge in [-0.05, 0) is 40.9 Å². The Morgan fingerprint density at radius 3 is 2.35 bits per heavy atom. The van der Waals surface area contributed by atoms with Crippen LogP contribution in [0.4, 0.5) is 0 Å². The van der Waals surface area contributed by atoms with Crippen LogP contribution in [-0.2, 0) is 19.9 Å². The van der Waals surface area contributed by atoms with Crippen molar-refractivity contribution in [2.24, 2.45) is 7.05 Å². The zero-order valence-corrected chi connectivity index (χ0v) is 14.7. The zero-order chi connectivity index (χ0) is 15.5. The van der Waals surface area contributed by atoms with E-state index in [1.54, 1.807) is 0 Å². The smallest absolute Gasteiger partial charge is 0.0850 e. The van der Waals surface area contributed by atoms with Crippen LogP contribution in [0.15, 0.2) is 0 Å². The van der Waals surface area contributed by atoms with E-state index in [1.165, 1.54) is 0 Å². The molecule has 0 aliphatic heterocycles. The molecule has 0 aliphatic rings. The number of likely N-dealkylation sites (N-methyl/N-ethyl adjacent to an activating group) is 2. The summed E-state index contributed by atoms with van der Waals surface area (Å²) < 4.78 is 1.93. The first-order valence-corrected chi connectivity index (χ1v) is 7.74. The molecule has 0 amide bonds. The second-order valence-corrected chi connectivity index (χ2v) is 6.42. The summed E-state index contributed by atoms with van der Waals surface area (Å²) in [6.07, 6.45) is 1.75. The molecule has 1 aromatic heterocycles. The topological polar surface area (TPSA) is 33.1 Å². The maximum atomic E-state index is 6.48. The van der Waals surface area contributed by atoms with Crippen LogP contribution in [0, 0.1) is 0 Å². The van der Waals surface area contributed by atoms with E-state index in [4.69, 9.17) is 11.6 Å². The number of aryl methyl sites for hydroxylation is 2. The number of hydrogen-bond acceptors (Lipinski definition) is 3. The number of nitrogens with one attached hydrogen (secondary N) is 1. The van der Waals surface area contributed by atoms with E-state index in [1.807, 2.05) is 11.7 Å². The lowest BCUT2D eigenvalue weighted by Gasteiger charge is -2.40. The maximum absolute atomic E-state index is 6.48. The van der Waals surface area contributed by atoms with Gasteiger partial charge in [-0.3, -0.25) is 4.68 Å². The van der Waals surface area contributed by atoms with E-state index in [-0.39, 0.29) is 5.54 Å². The Morgan fingerprint density at radius 1 is 1.35 bits per heavy atom. The van der Waals surface area contributed by atoms with Gasteiger partial charge >= 0.3 is 0 Å². The third kappa shape index (κ3) is 3.54. The molecule has 116 valence electrons. The number of rotatable bonds is 7. The molecule has 5 heteroatoms. The highest BCUT2D eigenvalue weighted by Gasteiger charge is 2.32. The van der Waals surface area contributed by atoms with E-state index in [9.17, 15) is 0 Å². The summed E-state index contributed by atoms with van der Waals surface area (Å²) in [5.41, 5.74) is 2.14. The molecule has 1 N–H and O–H groups in total. The quantitative estimate of drug-likeness (QED) is 0.840. The van der Waals surface area contributed by atoms with Crippen molar-refractivity contribution in [3.63, 3.8) is 0 Å². The summed E-state index contributed by atoms with van der Waals surface area (Å²) in [5.74, 6) is 0. The minimum Gasteiger partial charge on any atom is -0.312 e. The molecule has 0 bridgehead atoms. The first kappa shape index (κ1) is 17.5. The van der Waals surface area contributed by atoms with Gasteiger partial charge in [0.1, 0.15) is 0 Å². The average Bonchev–Trinajstić information content (AvgIpc) is 2.64. The lowest BCUT2D eigenvalue weighted by Crippen LogP contribution is -2.56. The minimum atomic E-state index is 0.0377. The Hall–Kier alpha value is -0.580. The van der Waals surface area contributed by atoms with Crippen LogP contribution in [0.3, 0.4) is 0 Å². The fraction of sp³-hybridized carbons (Fsp3) is 0.800. The number of halogens is 1. The van der Waals surface area contributed by atoms with Gasteiger partial charge in [-0.2, -0.15) is 5.10 Å². The van der Waals surface area contributed by atoms with Crippen LogP contribution in [-0.4, -0.2) is 46.9 Å². The molecule has 0 saturated carbocycles. The van der Waals surface area contributed by atoms with E-state index in [2.05, 4.69) is 57.1 Å². The average molecular weight is 301 g/mol. The van der Waals surface area contributed by atoms with Crippen LogP contribution >= 0.6 is 11.6 Å². The Labute approximate surface area is 128 Å². The van der Waals surface area contributed by atoms with Gasteiger partial charge in [0.05, 0.1) is 16.4 Å². The van der Waals surface area contributed by atoms with Crippen LogP contribution < -0.4 is 5.32 Å². The van der Waals surface area contributed by atoms with Gasteiger partial charge in [0, 0.05) is 25.0 Å². The fourth-order valence-electron chi connectivity index (χ4n) is 2.36. The highest BCUT2D eigenvalue weighted by atomic mass is 35.5. The summed E-state index contributed by atoms with van der Waals surface area (Å²) >= 11 is 6.48. The van der Waals surface area contributed by atoms with Crippen LogP contribution in [0.1, 0.15) is 39.1 Å². The summed E-state index contributed by atoms with van der Waals surface area (Å²) in [4.78, 5) is 2.26. The van der Waals surface area contributed by atoms with Crippen LogP contribution in [0.2, 0.25) is 5.02 Å².